The number of benzene rings is 15. The average molecular weight is 1000 g/mol. The fraction of sp³-hybridized carbons (Fsp3) is 0.0390. The maximum Gasteiger partial charge on any atom is 0.0776 e. The van der Waals surface area contributed by atoms with Crippen molar-refractivity contribution in [3.8, 4) is 66.8 Å². The Labute approximate surface area is 452 Å². The highest BCUT2D eigenvalue weighted by atomic mass is 28.3. The van der Waals surface area contributed by atoms with Crippen LogP contribution in [0.5, 0.6) is 0 Å². The summed E-state index contributed by atoms with van der Waals surface area (Å²) in [5.74, 6) is 0. The molecule has 78 heavy (non-hydrogen) atoms. The van der Waals surface area contributed by atoms with Crippen molar-refractivity contribution in [2.24, 2.45) is 0 Å². The summed E-state index contributed by atoms with van der Waals surface area (Å²) in [5, 5.41) is 30.9. The van der Waals surface area contributed by atoms with Crippen molar-refractivity contribution in [2.75, 3.05) is 0 Å². The van der Waals surface area contributed by atoms with E-state index in [-0.39, 0.29) is 0 Å². The summed E-state index contributed by atoms with van der Waals surface area (Å²) in [5.41, 5.74) is 15.6. The molecule has 0 saturated carbocycles. The van der Waals surface area contributed by atoms with Gasteiger partial charge in [0.05, 0.1) is 8.07 Å². The molecule has 0 unspecified atom stereocenters. The Kier molecular flexibility index (Phi) is 8.32. The summed E-state index contributed by atoms with van der Waals surface area (Å²) in [6.07, 6.45) is 0. The van der Waals surface area contributed by atoms with Gasteiger partial charge < -0.3 is 0 Å². The van der Waals surface area contributed by atoms with Gasteiger partial charge in [0.15, 0.2) is 0 Å². The third kappa shape index (κ3) is 5.39. The van der Waals surface area contributed by atoms with E-state index >= 15 is 0 Å². The molecule has 0 nitrogen and oxygen atoms in total. The van der Waals surface area contributed by atoms with Crippen LogP contribution in [-0.2, 0) is 0 Å². The SMILES string of the molecule is C[Si](C)(C)c1ccc2c(-c3ccccc3)c3c(c(-c4ccccc4)c2c1)-c1ccc2c4ccc5c6c(ccc(c7ccc-3c1c72)c46)c1c(-c2ccccc2-c2ccccc2)c2cc3ccccc3c3c4ccccc4c(c51)c23. The van der Waals surface area contributed by atoms with E-state index in [4.69, 9.17) is 0 Å². The van der Waals surface area contributed by atoms with Gasteiger partial charge in [0.1, 0.15) is 0 Å². The van der Waals surface area contributed by atoms with Gasteiger partial charge in [0.25, 0.3) is 0 Å². The highest BCUT2D eigenvalue weighted by Gasteiger charge is 2.34. The first-order chi connectivity index (χ1) is 38.4. The molecule has 1 aliphatic carbocycles. The Hall–Kier alpha value is -9.40. The maximum atomic E-state index is 2.56. The molecule has 0 aliphatic heterocycles. The van der Waals surface area contributed by atoms with Crippen molar-refractivity contribution in [3.05, 3.63) is 237 Å². The number of hydrogen-bond donors (Lipinski definition) is 0. The first-order valence-electron chi connectivity index (χ1n) is 27.7. The van der Waals surface area contributed by atoms with Crippen LogP contribution in [0.15, 0.2) is 237 Å². The molecule has 1 heteroatoms. The summed E-state index contributed by atoms with van der Waals surface area (Å²) in [7, 11) is -1.68. The predicted molar refractivity (Wildman–Crippen MR) is 342 cm³/mol. The van der Waals surface area contributed by atoms with E-state index in [0.717, 1.165) is 0 Å². The lowest BCUT2D eigenvalue weighted by Gasteiger charge is -2.23. The highest BCUT2D eigenvalue weighted by molar-refractivity contribution is 6.88. The predicted octanol–water partition coefficient (Wildman–Crippen LogP) is 21.5. The van der Waals surface area contributed by atoms with Crippen molar-refractivity contribution >= 4 is 132 Å². The van der Waals surface area contributed by atoms with Crippen molar-refractivity contribution in [1.82, 2.24) is 0 Å². The first kappa shape index (κ1) is 42.8. The molecule has 0 spiro atoms. The van der Waals surface area contributed by atoms with Crippen LogP contribution in [0.25, 0.3) is 185 Å². The van der Waals surface area contributed by atoms with Gasteiger partial charge in [-0.1, -0.05) is 255 Å². The molecule has 1 aliphatic rings. The minimum Gasteiger partial charge on any atom is -0.0656 e. The summed E-state index contributed by atoms with van der Waals surface area (Å²) in [4.78, 5) is 0. The topological polar surface area (TPSA) is 0 Å². The lowest BCUT2D eigenvalue weighted by Crippen LogP contribution is -2.37. The van der Waals surface area contributed by atoms with E-state index < -0.39 is 8.07 Å². The van der Waals surface area contributed by atoms with E-state index in [9.17, 15) is 0 Å². The second-order valence-electron chi connectivity index (χ2n) is 23.2. The smallest absolute Gasteiger partial charge is 0.0656 e. The number of fused-ring (bicyclic) bond motifs is 15. The van der Waals surface area contributed by atoms with Crippen LogP contribution in [0.4, 0.5) is 0 Å². The van der Waals surface area contributed by atoms with Crippen LogP contribution in [0.3, 0.4) is 0 Å². The van der Waals surface area contributed by atoms with Gasteiger partial charge in [-0.15, -0.1) is 0 Å². The van der Waals surface area contributed by atoms with Crippen LogP contribution >= 0.6 is 0 Å². The summed E-state index contributed by atoms with van der Waals surface area (Å²) in [6.45, 7) is 7.42. The fourth-order valence-electron chi connectivity index (χ4n) is 15.2. The molecule has 0 N–H and O–H groups in total. The molecule has 0 bridgehead atoms. The maximum absolute atomic E-state index is 2.56. The quantitative estimate of drug-likeness (QED) is 0.0916. The van der Waals surface area contributed by atoms with Crippen molar-refractivity contribution in [3.63, 3.8) is 0 Å². The molecule has 0 atom stereocenters. The van der Waals surface area contributed by atoms with Crippen LogP contribution in [0.2, 0.25) is 19.6 Å². The monoisotopic (exact) mass is 1000 g/mol. The van der Waals surface area contributed by atoms with Crippen molar-refractivity contribution in [2.45, 2.75) is 19.6 Å². The zero-order valence-corrected chi connectivity index (χ0v) is 44.5. The lowest BCUT2D eigenvalue weighted by atomic mass is 9.82. The number of hydrogen-bond acceptors (Lipinski definition) is 0. The van der Waals surface area contributed by atoms with E-state index in [2.05, 4.69) is 256 Å². The minimum absolute atomic E-state index is 1.23. The van der Waals surface area contributed by atoms with Crippen LogP contribution in [-0.4, -0.2) is 8.07 Å². The lowest BCUT2D eigenvalue weighted by molar-refractivity contribution is 1.61. The van der Waals surface area contributed by atoms with Crippen LogP contribution in [0, 0.1) is 0 Å². The number of rotatable bonds is 5. The zero-order valence-electron chi connectivity index (χ0n) is 43.5. The van der Waals surface area contributed by atoms with E-state index in [1.807, 2.05) is 0 Å². The summed E-state index contributed by atoms with van der Waals surface area (Å²) in [6, 6.07) is 90.8. The molecular formula is C77H48Si. The highest BCUT2D eigenvalue weighted by Crippen LogP contribution is 2.61. The van der Waals surface area contributed by atoms with Gasteiger partial charge in [-0.05, 0) is 191 Å². The molecule has 0 radical (unpaired) electrons. The molecule has 0 aromatic heterocycles. The molecule has 0 fully saturated rings. The van der Waals surface area contributed by atoms with Gasteiger partial charge >= 0.3 is 0 Å². The largest absolute Gasteiger partial charge is 0.0776 e. The second kappa shape index (κ2) is 15.2. The molecule has 0 saturated heterocycles. The normalized spacial score (nSPS) is 12.8. The Bertz CT molecular complexity index is 5410. The Morgan fingerprint density at radius 1 is 0.205 bits per heavy atom. The minimum atomic E-state index is -1.68. The Morgan fingerprint density at radius 2 is 0.615 bits per heavy atom. The van der Waals surface area contributed by atoms with Gasteiger partial charge in [0, 0.05) is 0 Å². The molecule has 0 heterocycles. The van der Waals surface area contributed by atoms with E-state index in [1.54, 1.807) is 0 Å². The standard InChI is InChI=1S/C77H48Si/c1-78(2,3)47-31-32-57-62(42-47)65(45-23-11-6-12-24-45)74-59-38-34-54-56-36-40-61-71-60(39-35-55(68(56)71)53-33-37-58(70(59)67(53)54)73(74)64(57)44-21-9-5-10-22-44)75-69(50-28-16-15-26-48(50)43-19-7-4-8-20-43)63-41-46-25-13-14-27-49(46)66-51-29-17-18-30-52(51)72(76(61)75)77(63)66/h4-42H,1-3H3. The van der Waals surface area contributed by atoms with E-state index in [1.165, 1.54) is 190 Å². The Morgan fingerprint density at radius 3 is 1.24 bits per heavy atom. The third-order valence-corrected chi connectivity index (χ3v) is 20.4. The molecule has 360 valence electrons. The molecule has 17 aromatic rings. The van der Waals surface area contributed by atoms with Crippen LogP contribution in [0.1, 0.15) is 0 Å². The average Bonchev–Trinajstić information content (AvgIpc) is 4.12. The van der Waals surface area contributed by atoms with Gasteiger partial charge in [-0.2, -0.15) is 0 Å². The molecular weight excluding hydrogens is 953 g/mol. The van der Waals surface area contributed by atoms with Crippen molar-refractivity contribution in [1.29, 1.82) is 0 Å². The van der Waals surface area contributed by atoms with Gasteiger partial charge in [-0.25, -0.2) is 0 Å². The van der Waals surface area contributed by atoms with Gasteiger partial charge in [0.2, 0.25) is 0 Å². The third-order valence-electron chi connectivity index (χ3n) is 18.3. The van der Waals surface area contributed by atoms with E-state index in [0.29, 0.717) is 0 Å². The fourth-order valence-corrected chi connectivity index (χ4v) is 16.4. The molecule has 18 rings (SSSR count). The summed E-state index contributed by atoms with van der Waals surface area (Å²) < 4.78 is 0. The van der Waals surface area contributed by atoms with Crippen LogP contribution < -0.4 is 5.19 Å². The molecule has 17 aromatic carbocycles. The van der Waals surface area contributed by atoms with Crippen molar-refractivity contribution < 1.29 is 0 Å². The van der Waals surface area contributed by atoms with Gasteiger partial charge in [-0.3, -0.25) is 0 Å². The Balaban J connectivity index is 1.01. The second-order valence-corrected chi connectivity index (χ2v) is 28.3. The zero-order chi connectivity index (χ0) is 51.3. The molecule has 0 amide bonds. The first-order valence-corrected chi connectivity index (χ1v) is 31.2. The summed E-state index contributed by atoms with van der Waals surface area (Å²) >= 11 is 0.